The number of hydrogen-bond acceptors (Lipinski definition) is 5. The van der Waals surface area contributed by atoms with E-state index in [-0.39, 0.29) is 24.4 Å². The predicted octanol–water partition coefficient (Wildman–Crippen LogP) is 1.74. The molecule has 0 aromatic carbocycles. The predicted molar refractivity (Wildman–Crippen MR) is 54.6 cm³/mol. The van der Waals surface area contributed by atoms with Gasteiger partial charge in [-0.1, -0.05) is 5.16 Å². The first-order valence-corrected chi connectivity index (χ1v) is 5.66. The third kappa shape index (κ3) is 3.67. The van der Waals surface area contributed by atoms with E-state index in [1.165, 1.54) is 0 Å². The second kappa shape index (κ2) is 5.23. The number of nitrogens with zero attached hydrogens (tertiary/aromatic N) is 2. The van der Waals surface area contributed by atoms with Gasteiger partial charge in [0.2, 0.25) is 5.89 Å². The number of hydrogen-bond donors (Lipinski definition) is 1. The molecule has 0 radical (unpaired) electrons. The molecule has 1 aliphatic carbocycles. The van der Waals surface area contributed by atoms with Gasteiger partial charge in [-0.05, 0) is 19.3 Å². The Labute approximate surface area is 101 Å². The van der Waals surface area contributed by atoms with Crippen molar-refractivity contribution in [2.24, 2.45) is 5.73 Å². The van der Waals surface area contributed by atoms with E-state index in [0.717, 1.165) is 19.3 Å². The molecule has 1 aromatic heterocycles. The molecule has 8 heteroatoms. The van der Waals surface area contributed by atoms with Gasteiger partial charge in [0.1, 0.15) is 13.2 Å². The lowest BCUT2D eigenvalue weighted by Gasteiger charge is -2.04. The Hall–Kier alpha value is -1.15. The highest BCUT2D eigenvalue weighted by molar-refractivity contribution is 4.98. The van der Waals surface area contributed by atoms with Crippen molar-refractivity contribution in [1.82, 2.24) is 10.1 Å². The maximum absolute atomic E-state index is 11.8. The summed E-state index contributed by atoms with van der Waals surface area (Å²) in [6, 6.07) is 0.131. The zero-order valence-corrected chi connectivity index (χ0v) is 9.61. The summed E-state index contributed by atoms with van der Waals surface area (Å²) in [6.45, 7) is -1.62. The second-order valence-electron chi connectivity index (χ2n) is 4.43. The van der Waals surface area contributed by atoms with Gasteiger partial charge in [0.05, 0.1) is 0 Å². The Morgan fingerprint density at radius 1 is 1.39 bits per heavy atom. The fraction of sp³-hybridized carbons (Fsp3) is 0.800. The maximum atomic E-state index is 11.8. The molecule has 0 bridgehead atoms. The van der Waals surface area contributed by atoms with E-state index in [2.05, 4.69) is 14.9 Å². The molecule has 0 aliphatic heterocycles. The molecule has 18 heavy (non-hydrogen) atoms. The Bertz CT molecular complexity index is 394. The number of halogens is 3. The van der Waals surface area contributed by atoms with Crippen molar-refractivity contribution in [2.45, 2.75) is 44.0 Å². The SMILES string of the molecule is N[C@H]1CC[C@@H](c2nc(COCC(F)(F)F)no2)C1. The molecule has 1 fully saturated rings. The molecule has 0 saturated heterocycles. The van der Waals surface area contributed by atoms with Gasteiger partial charge < -0.3 is 15.0 Å². The molecule has 2 rings (SSSR count). The Balaban J connectivity index is 1.83. The fourth-order valence-electron chi connectivity index (χ4n) is 1.99. The smallest absolute Gasteiger partial charge is 0.364 e. The third-order valence-electron chi connectivity index (χ3n) is 2.80. The highest BCUT2D eigenvalue weighted by Crippen LogP contribution is 2.32. The van der Waals surface area contributed by atoms with E-state index in [1.807, 2.05) is 0 Å². The molecule has 0 amide bonds. The molecule has 1 heterocycles. The van der Waals surface area contributed by atoms with Crippen LogP contribution in [-0.4, -0.2) is 29.0 Å². The monoisotopic (exact) mass is 265 g/mol. The second-order valence-corrected chi connectivity index (χ2v) is 4.43. The van der Waals surface area contributed by atoms with Crippen LogP contribution in [0.5, 0.6) is 0 Å². The average Bonchev–Trinajstić information content (AvgIpc) is 2.85. The minimum absolute atomic E-state index is 0.115. The van der Waals surface area contributed by atoms with Crippen LogP contribution >= 0.6 is 0 Å². The number of nitrogens with two attached hydrogens (primary N) is 1. The summed E-state index contributed by atoms with van der Waals surface area (Å²) in [5.41, 5.74) is 5.76. The standard InChI is InChI=1S/C10H14F3N3O2/c11-10(12,13)5-17-4-8-15-9(18-16-8)6-1-2-7(14)3-6/h6-7H,1-5,14H2/t6-,7+/m1/s1. The van der Waals surface area contributed by atoms with Gasteiger partial charge in [0.25, 0.3) is 0 Å². The summed E-state index contributed by atoms with van der Waals surface area (Å²) in [5.74, 6) is 0.687. The van der Waals surface area contributed by atoms with E-state index in [9.17, 15) is 13.2 Å². The average molecular weight is 265 g/mol. The van der Waals surface area contributed by atoms with Crippen LogP contribution in [0.2, 0.25) is 0 Å². The van der Waals surface area contributed by atoms with E-state index in [1.54, 1.807) is 0 Å². The lowest BCUT2D eigenvalue weighted by Crippen LogP contribution is -2.17. The van der Waals surface area contributed by atoms with Crippen molar-refractivity contribution in [3.8, 4) is 0 Å². The van der Waals surface area contributed by atoms with Gasteiger partial charge in [-0.15, -0.1) is 0 Å². The lowest BCUT2D eigenvalue weighted by molar-refractivity contribution is -0.177. The van der Waals surface area contributed by atoms with Crippen LogP contribution in [0.4, 0.5) is 13.2 Å². The van der Waals surface area contributed by atoms with Crippen LogP contribution in [0.15, 0.2) is 4.52 Å². The minimum Gasteiger partial charge on any atom is -0.364 e. The molecule has 0 unspecified atom stereocenters. The van der Waals surface area contributed by atoms with Gasteiger partial charge in [-0.3, -0.25) is 0 Å². The van der Waals surface area contributed by atoms with Crippen LogP contribution < -0.4 is 5.73 Å². The lowest BCUT2D eigenvalue weighted by atomic mass is 10.1. The topological polar surface area (TPSA) is 74.2 Å². The first-order valence-electron chi connectivity index (χ1n) is 5.66. The largest absolute Gasteiger partial charge is 0.411 e. The highest BCUT2D eigenvalue weighted by atomic mass is 19.4. The molecule has 5 nitrogen and oxygen atoms in total. The molecule has 1 aromatic rings. The first-order chi connectivity index (χ1) is 8.44. The molecule has 0 spiro atoms. The van der Waals surface area contributed by atoms with Crippen molar-refractivity contribution < 1.29 is 22.4 Å². The van der Waals surface area contributed by atoms with Crippen LogP contribution in [-0.2, 0) is 11.3 Å². The van der Waals surface area contributed by atoms with E-state index in [0.29, 0.717) is 5.89 Å². The summed E-state index contributed by atoms with van der Waals surface area (Å²) < 4.78 is 45.0. The van der Waals surface area contributed by atoms with Crippen LogP contribution in [0, 0.1) is 0 Å². The van der Waals surface area contributed by atoms with Gasteiger partial charge in [0, 0.05) is 12.0 Å². The quantitative estimate of drug-likeness (QED) is 0.897. The summed E-state index contributed by atoms with van der Waals surface area (Å²) in [4.78, 5) is 4.02. The zero-order valence-electron chi connectivity index (χ0n) is 9.61. The Kier molecular flexibility index (Phi) is 3.86. The molecule has 2 atom stereocenters. The molecule has 1 aliphatic rings. The number of ether oxygens (including phenoxy) is 1. The van der Waals surface area contributed by atoms with Crippen molar-refractivity contribution in [1.29, 1.82) is 0 Å². The maximum Gasteiger partial charge on any atom is 0.411 e. The van der Waals surface area contributed by atoms with Gasteiger partial charge in [-0.2, -0.15) is 18.2 Å². The number of rotatable bonds is 4. The number of alkyl halides is 3. The molecular formula is C10H14F3N3O2. The van der Waals surface area contributed by atoms with Crippen molar-refractivity contribution >= 4 is 0 Å². The molecular weight excluding hydrogens is 251 g/mol. The summed E-state index contributed by atoms with van der Waals surface area (Å²) in [6.07, 6.45) is -1.81. The van der Waals surface area contributed by atoms with E-state index >= 15 is 0 Å². The van der Waals surface area contributed by atoms with E-state index in [4.69, 9.17) is 10.3 Å². The minimum atomic E-state index is -4.34. The summed E-state index contributed by atoms with van der Waals surface area (Å²) >= 11 is 0. The first kappa shape index (κ1) is 13.3. The fourth-order valence-corrected chi connectivity index (χ4v) is 1.99. The molecule has 102 valence electrons. The Morgan fingerprint density at radius 2 is 2.17 bits per heavy atom. The number of aromatic nitrogens is 2. The van der Waals surface area contributed by atoms with Crippen molar-refractivity contribution in [3.63, 3.8) is 0 Å². The summed E-state index contributed by atoms with van der Waals surface area (Å²) in [7, 11) is 0. The van der Waals surface area contributed by atoms with Gasteiger partial charge in [-0.25, -0.2) is 0 Å². The van der Waals surface area contributed by atoms with Crippen LogP contribution in [0.1, 0.15) is 36.9 Å². The molecule has 1 saturated carbocycles. The Morgan fingerprint density at radius 3 is 2.78 bits per heavy atom. The highest BCUT2D eigenvalue weighted by Gasteiger charge is 2.29. The van der Waals surface area contributed by atoms with Crippen molar-refractivity contribution in [2.75, 3.05) is 6.61 Å². The van der Waals surface area contributed by atoms with Crippen LogP contribution in [0.3, 0.4) is 0 Å². The molecule has 2 N–H and O–H groups in total. The van der Waals surface area contributed by atoms with Crippen LogP contribution in [0.25, 0.3) is 0 Å². The summed E-state index contributed by atoms with van der Waals surface area (Å²) in [5, 5.41) is 3.59. The van der Waals surface area contributed by atoms with Crippen molar-refractivity contribution in [3.05, 3.63) is 11.7 Å². The van der Waals surface area contributed by atoms with E-state index < -0.39 is 12.8 Å². The normalized spacial score (nSPS) is 24.7. The van der Waals surface area contributed by atoms with Gasteiger partial charge >= 0.3 is 6.18 Å². The zero-order chi connectivity index (χ0) is 13.2. The van der Waals surface area contributed by atoms with Gasteiger partial charge in [0.15, 0.2) is 5.82 Å². The third-order valence-corrected chi connectivity index (χ3v) is 2.80.